The molecule has 0 saturated carbocycles. The molecule has 45 nitrogen and oxygen atoms in total. The summed E-state index contributed by atoms with van der Waals surface area (Å²) in [5, 5.41) is 56.8. The van der Waals surface area contributed by atoms with Crippen LogP contribution in [0.25, 0.3) is 44.7 Å². The van der Waals surface area contributed by atoms with E-state index >= 15 is 0 Å². The first-order valence-electron chi connectivity index (χ1n) is 26.0. The first-order valence-corrected chi connectivity index (χ1v) is 32.3. The zero-order chi connectivity index (χ0) is 63.9. The highest BCUT2D eigenvalue weighted by molar-refractivity contribution is 7.52. The molecule has 0 amide bonds. The number of hydrogen-bond acceptors (Lipinski definition) is 36. The van der Waals surface area contributed by atoms with Crippen molar-refractivity contribution < 1.29 is 119 Å². The number of anilines is 4. The van der Waals surface area contributed by atoms with E-state index in [4.69, 9.17) is 69.2 Å². The van der Waals surface area contributed by atoms with Crippen molar-refractivity contribution in [1.29, 1.82) is 0 Å². The summed E-state index contributed by atoms with van der Waals surface area (Å²) in [5.74, 6) is -0.322. The van der Waals surface area contributed by atoms with Gasteiger partial charge in [-0.15, -0.1) is 0 Å². The number of nitrogen functional groups attached to an aromatic ring is 4. The van der Waals surface area contributed by atoms with Gasteiger partial charge in [0.1, 0.15) is 127 Å². The number of aromatic nitrogens is 16. The average molecular weight is 1350 g/mol. The fourth-order valence-corrected chi connectivity index (χ4v) is 13.5. The Kier molecular flexibility index (Phi) is 17.3. The van der Waals surface area contributed by atoms with Crippen LogP contribution in [0.3, 0.4) is 0 Å². The van der Waals surface area contributed by atoms with Gasteiger partial charge < -0.3 is 96.6 Å². The van der Waals surface area contributed by atoms with Crippen LogP contribution in [0, 0.1) is 0 Å². The van der Waals surface area contributed by atoms with Crippen LogP contribution in [0.2, 0.25) is 0 Å². The number of ether oxygens (including phenoxy) is 5. The number of rotatable bonds is 23. The van der Waals surface area contributed by atoms with Crippen molar-refractivity contribution in [2.75, 3.05) is 55.7 Å². The summed E-state index contributed by atoms with van der Waals surface area (Å²) in [4.78, 5) is 101. The van der Waals surface area contributed by atoms with E-state index in [-0.39, 0.29) is 67.9 Å². The molecule has 12 rings (SSSR count). The lowest BCUT2D eigenvalue weighted by Gasteiger charge is -2.25. The van der Waals surface area contributed by atoms with Gasteiger partial charge >= 0.3 is 31.1 Å². The number of nitrogens with two attached hydrogens (primary N) is 4. The zero-order valence-corrected chi connectivity index (χ0v) is 48.8. The summed E-state index contributed by atoms with van der Waals surface area (Å²) in [5.41, 5.74) is 24.0. The second kappa shape index (κ2) is 24.5. The van der Waals surface area contributed by atoms with Crippen LogP contribution in [0.5, 0.6) is 0 Å². The van der Waals surface area contributed by atoms with E-state index in [1.54, 1.807) is 0 Å². The number of imidazole rings is 4. The fourth-order valence-electron chi connectivity index (χ4n) is 10.3. The Balaban J connectivity index is 0.735. The molecule has 0 spiro atoms. The third kappa shape index (κ3) is 12.5. The lowest BCUT2D eigenvalue weighted by atomic mass is 10.1. The van der Waals surface area contributed by atoms with Crippen molar-refractivity contribution in [2.24, 2.45) is 0 Å². The van der Waals surface area contributed by atoms with E-state index < -0.39 is 162 Å². The Morgan fingerprint density at radius 2 is 0.711 bits per heavy atom. The van der Waals surface area contributed by atoms with Gasteiger partial charge in [-0.1, -0.05) is 0 Å². The van der Waals surface area contributed by atoms with Gasteiger partial charge in [0.05, 0.1) is 51.7 Å². The molecule has 4 aliphatic rings. The number of hydrogen-bond donors (Lipinski definition) is 14. The summed E-state index contributed by atoms with van der Waals surface area (Å²) in [6.45, 7) is -3.79. The SMILES string of the molecule is Nc1ncnc2c1ncn2[C@@H]1O[C@H](COP(=O)(O)O[C@@H]2[C@H](O)[C@@H](COP(=O)(O)O[C@@H]3[C@H](O)[C@@H](COCP(=O)(O)O[C@@H]4[C@H](O)[C@@H](COP(=O)(O)O)O[C@H]4n4cnc5c(N)ncnc54)O[C@H]3n3cnc4c(N)ncnc43)O[C@H]2n2cnc3c(N)ncnc32)[C@@H](O)[C@H]1O. The smallest absolute Gasteiger partial charge is 0.387 e. The van der Waals surface area contributed by atoms with Crippen molar-refractivity contribution in [3.63, 3.8) is 0 Å². The molecule has 4 saturated heterocycles. The molecule has 12 heterocycles. The van der Waals surface area contributed by atoms with Crippen LogP contribution in [0.1, 0.15) is 24.9 Å². The summed E-state index contributed by atoms with van der Waals surface area (Å²) < 4.78 is 119. The molecule has 8 aromatic heterocycles. The third-order valence-corrected chi connectivity index (χ3v) is 18.0. The zero-order valence-electron chi connectivity index (χ0n) is 45.2. The van der Waals surface area contributed by atoms with Crippen LogP contribution in [0.15, 0.2) is 50.6 Å². The molecule has 8 aromatic rings. The normalized spacial score (nSPS) is 31.1. The van der Waals surface area contributed by atoms with Crippen molar-refractivity contribution in [3.8, 4) is 0 Å². The highest BCUT2D eigenvalue weighted by atomic mass is 31.2. The lowest BCUT2D eigenvalue weighted by molar-refractivity contribution is -0.0672. The second-order valence-electron chi connectivity index (χ2n) is 20.2. The molecule has 4 fully saturated rings. The number of nitrogens with zero attached hydrogens (tertiary/aromatic N) is 16. The topological polar surface area (TPSA) is 651 Å². The molecular formula is C41H52N20O25P4. The molecule has 49 heteroatoms. The van der Waals surface area contributed by atoms with Crippen LogP contribution < -0.4 is 22.9 Å². The molecule has 486 valence electrons. The first kappa shape index (κ1) is 63.6. The van der Waals surface area contributed by atoms with E-state index in [1.807, 2.05) is 0 Å². The van der Waals surface area contributed by atoms with E-state index in [1.165, 1.54) is 10.9 Å². The van der Waals surface area contributed by atoms with Gasteiger partial charge in [0, 0.05) is 0 Å². The second-order valence-corrected chi connectivity index (χ2v) is 26.0. The van der Waals surface area contributed by atoms with Crippen LogP contribution in [0.4, 0.5) is 23.3 Å². The van der Waals surface area contributed by atoms with Crippen LogP contribution >= 0.6 is 31.1 Å². The summed E-state index contributed by atoms with van der Waals surface area (Å²) in [6.07, 6.45) is -20.6. The quantitative estimate of drug-likeness (QED) is 0.0270. The first-order chi connectivity index (χ1) is 42.7. The molecule has 90 heavy (non-hydrogen) atoms. The number of aliphatic hydroxyl groups excluding tert-OH is 5. The number of phosphoric acid groups is 3. The van der Waals surface area contributed by atoms with Crippen LogP contribution in [-0.2, 0) is 69.1 Å². The van der Waals surface area contributed by atoms with E-state index in [2.05, 4.69) is 64.3 Å². The minimum Gasteiger partial charge on any atom is -0.387 e. The summed E-state index contributed by atoms with van der Waals surface area (Å²) in [6, 6.07) is 0. The Hall–Kier alpha value is -6.52. The highest BCUT2D eigenvalue weighted by Gasteiger charge is 2.55. The fraction of sp³-hybridized carbons (Fsp3) is 0.512. The number of phosphoric ester groups is 3. The average Bonchev–Trinajstić information content (AvgIpc) is 1.67. The van der Waals surface area contributed by atoms with Gasteiger partial charge in [0.2, 0.25) is 0 Å². The Morgan fingerprint density at radius 1 is 0.400 bits per heavy atom. The van der Waals surface area contributed by atoms with Gasteiger partial charge in [-0.2, -0.15) is 0 Å². The lowest BCUT2D eigenvalue weighted by Crippen LogP contribution is -2.37. The summed E-state index contributed by atoms with van der Waals surface area (Å²) in [7, 11) is -21.2. The molecule has 0 aliphatic carbocycles. The summed E-state index contributed by atoms with van der Waals surface area (Å²) >= 11 is 0. The van der Waals surface area contributed by atoms with E-state index in [9.17, 15) is 68.3 Å². The Bertz CT molecular complexity index is 4170. The molecule has 0 aromatic carbocycles. The minimum atomic E-state index is -5.57. The van der Waals surface area contributed by atoms with Gasteiger partial charge in [0.15, 0.2) is 70.8 Å². The van der Waals surface area contributed by atoms with Gasteiger partial charge in [-0.25, -0.2) is 73.5 Å². The van der Waals surface area contributed by atoms with Gasteiger partial charge in [0.25, 0.3) is 0 Å². The maximum atomic E-state index is 14.1. The third-order valence-electron chi connectivity index (χ3n) is 14.5. The van der Waals surface area contributed by atoms with Gasteiger partial charge in [-0.05, 0) is 0 Å². The van der Waals surface area contributed by atoms with E-state index in [0.29, 0.717) is 0 Å². The molecule has 3 unspecified atom stereocenters. The molecule has 18 N–H and O–H groups in total. The Morgan fingerprint density at radius 3 is 1.08 bits per heavy atom. The number of aliphatic hydroxyl groups is 5. The predicted molar refractivity (Wildman–Crippen MR) is 289 cm³/mol. The Labute approximate surface area is 499 Å². The molecular weight excluding hydrogens is 1300 g/mol. The molecule has 4 aliphatic heterocycles. The van der Waals surface area contributed by atoms with Crippen molar-refractivity contribution in [1.82, 2.24) is 78.1 Å². The van der Waals surface area contributed by atoms with Crippen molar-refractivity contribution in [3.05, 3.63) is 50.6 Å². The standard InChI is InChI=1S/C41H52N20O25P4/c42-30-18-34(50-5-46-30)58(9-54-18)38-26(66)22(62)15(80-38)3-78-89(72,73)86-29-25(65)17(83-41(29)61-12-57-21-33(45)49-8-53-37(21)61)4-79-90(74,75)85-28-23(63)14(81-40(28)60-11-56-20-32(44)48-7-52-36(20)60)1-76-13-87(67,68)84-27-24(64)16(2-77-88(69,70)71)82-39(27)59-10-55-19-31(43)47-6-51-35(19)59/h5-12,14-17,22-29,38-41,62-66H,1-4,13H2,(H,67,68)(H,72,73)(H,74,75)(H2,42,46,50)(H2,43,47,51)(H2,44,48,52)(H2,45,49,53)(H2,69,70,71)/t14-,15-,16-,17-,22-,23-,24-,25-,26-,27-,28-,29-,38-,39-,40-,41-/m1/s1. The maximum Gasteiger partial charge on any atom is 0.472 e. The molecule has 19 atom stereocenters. The highest BCUT2D eigenvalue weighted by Crippen LogP contribution is 2.54. The number of fused-ring (bicyclic) bond motifs is 4. The van der Waals surface area contributed by atoms with Gasteiger partial charge in [-0.3, -0.25) is 50.0 Å². The largest absolute Gasteiger partial charge is 0.472 e. The predicted octanol–water partition coefficient (Wildman–Crippen LogP) is -4.27. The molecule has 0 radical (unpaired) electrons. The monoisotopic (exact) mass is 1350 g/mol. The van der Waals surface area contributed by atoms with Crippen molar-refractivity contribution >= 4 is 99.0 Å². The molecule has 0 bridgehead atoms. The minimum absolute atomic E-state index is 0.000107. The van der Waals surface area contributed by atoms with Crippen molar-refractivity contribution in [2.45, 2.75) is 98.2 Å². The van der Waals surface area contributed by atoms with E-state index in [0.717, 1.165) is 58.0 Å². The van der Waals surface area contributed by atoms with Crippen LogP contribution in [-0.4, -0.2) is 234 Å². The maximum absolute atomic E-state index is 14.1.